The van der Waals surface area contributed by atoms with Crippen molar-refractivity contribution in [1.29, 1.82) is 0 Å². The summed E-state index contributed by atoms with van der Waals surface area (Å²) in [7, 11) is 0. The monoisotopic (exact) mass is 383 g/mol. The van der Waals surface area contributed by atoms with Crippen LogP contribution >= 0.6 is 15.9 Å². The van der Waals surface area contributed by atoms with Crippen molar-refractivity contribution >= 4 is 33.5 Å². The normalized spacial score (nSPS) is 20.8. The van der Waals surface area contributed by atoms with E-state index in [2.05, 4.69) is 21.2 Å². The minimum atomic E-state index is -0.0960. The number of quaternary nitrogens is 1. The van der Waals surface area contributed by atoms with Gasteiger partial charge in [-0.3, -0.25) is 9.59 Å². The number of ether oxygens (including phenoxy) is 1. The Morgan fingerprint density at radius 3 is 2.65 bits per heavy atom. The zero-order valence-electron chi connectivity index (χ0n) is 13.7. The lowest BCUT2D eigenvalue weighted by molar-refractivity contribution is -0.897. The highest BCUT2D eigenvalue weighted by Gasteiger charge is 2.29. The van der Waals surface area contributed by atoms with Crippen LogP contribution in [-0.4, -0.2) is 38.1 Å². The van der Waals surface area contributed by atoms with Gasteiger partial charge in [-0.25, -0.2) is 0 Å². The lowest BCUT2D eigenvalue weighted by Crippen LogP contribution is -3.14. The first-order valence-corrected chi connectivity index (χ1v) is 8.85. The molecule has 1 saturated heterocycles. The molecular formula is C17H24BrN2O3+. The summed E-state index contributed by atoms with van der Waals surface area (Å²) >= 11 is 3.45. The molecule has 6 heteroatoms. The number of amides is 1. The van der Waals surface area contributed by atoms with Crippen molar-refractivity contribution in [3.8, 4) is 0 Å². The molecule has 2 N–H and O–H groups in total. The zero-order chi connectivity index (χ0) is 16.8. The fourth-order valence-electron chi connectivity index (χ4n) is 2.85. The topological polar surface area (TPSA) is 59.8 Å². The molecule has 1 heterocycles. The number of nitrogens with one attached hydrogen (secondary N) is 2. The van der Waals surface area contributed by atoms with Crippen LogP contribution in [0.15, 0.2) is 22.7 Å². The van der Waals surface area contributed by atoms with Gasteiger partial charge in [0.1, 0.15) is 0 Å². The first kappa shape index (κ1) is 17.9. The molecular weight excluding hydrogens is 360 g/mol. The van der Waals surface area contributed by atoms with Gasteiger partial charge in [0, 0.05) is 23.0 Å². The van der Waals surface area contributed by atoms with Crippen LogP contribution in [0.1, 0.15) is 25.3 Å². The molecule has 0 atom stereocenters. The summed E-state index contributed by atoms with van der Waals surface area (Å²) in [6.45, 7) is 6.34. The lowest BCUT2D eigenvalue weighted by atomic mass is 9.97. The van der Waals surface area contributed by atoms with E-state index in [1.165, 1.54) is 4.90 Å². The van der Waals surface area contributed by atoms with E-state index in [1.807, 2.05) is 32.0 Å². The van der Waals surface area contributed by atoms with Gasteiger partial charge in [0.05, 0.1) is 25.6 Å². The molecule has 0 bridgehead atoms. The Bertz CT molecular complexity index is 569. The number of hydrogen-bond acceptors (Lipinski definition) is 3. The highest BCUT2D eigenvalue weighted by molar-refractivity contribution is 9.10. The number of anilines is 1. The van der Waals surface area contributed by atoms with Crippen LogP contribution in [0.3, 0.4) is 0 Å². The van der Waals surface area contributed by atoms with Gasteiger partial charge < -0.3 is 15.0 Å². The molecule has 1 fully saturated rings. The van der Waals surface area contributed by atoms with E-state index in [0.29, 0.717) is 13.2 Å². The molecule has 0 aliphatic carbocycles. The SMILES string of the molecule is CCOC(=O)C1CC[NH+](CC(=O)Nc2ccc(Br)c(C)c2)CC1. The number of esters is 1. The largest absolute Gasteiger partial charge is 0.466 e. The van der Waals surface area contributed by atoms with E-state index in [0.717, 1.165) is 41.7 Å². The quantitative estimate of drug-likeness (QED) is 0.758. The van der Waals surface area contributed by atoms with Gasteiger partial charge in [0.2, 0.25) is 0 Å². The average molecular weight is 384 g/mol. The third-order valence-electron chi connectivity index (χ3n) is 4.16. The number of aryl methyl sites for hydroxylation is 1. The van der Waals surface area contributed by atoms with Crippen molar-refractivity contribution < 1.29 is 19.2 Å². The Morgan fingerprint density at radius 1 is 1.35 bits per heavy atom. The second-order valence-electron chi connectivity index (χ2n) is 5.97. The molecule has 1 aliphatic rings. The number of carbonyl (C=O) groups excluding carboxylic acids is 2. The van der Waals surface area contributed by atoms with Gasteiger partial charge in [0.15, 0.2) is 6.54 Å². The summed E-state index contributed by atoms with van der Waals surface area (Å²) in [5.74, 6) is -0.0893. The van der Waals surface area contributed by atoms with Crippen molar-refractivity contribution in [2.24, 2.45) is 5.92 Å². The van der Waals surface area contributed by atoms with Crippen LogP contribution in [0, 0.1) is 12.8 Å². The first-order valence-electron chi connectivity index (χ1n) is 8.05. The van der Waals surface area contributed by atoms with Crippen LogP contribution in [-0.2, 0) is 14.3 Å². The third kappa shape index (κ3) is 5.32. The first-order chi connectivity index (χ1) is 11.0. The number of rotatable bonds is 5. The summed E-state index contributed by atoms with van der Waals surface area (Å²) in [5, 5.41) is 2.94. The number of piperidine rings is 1. The van der Waals surface area contributed by atoms with Crippen LogP contribution in [0.5, 0.6) is 0 Å². The van der Waals surface area contributed by atoms with E-state index in [1.54, 1.807) is 0 Å². The van der Waals surface area contributed by atoms with Gasteiger partial charge in [-0.1, -0.05) is 15.9 Å². The average Bonchev–Trinajstić information content (AvgIpc) is 2.52. The lowest BCUT2D eigenvalue weighted by Gasteiger charge is -2.27. The molecule has 0 spiro atoms. The van der Waals surface area contributed by atoms with Gasteiger partial charge in [-0.05, 0) is 37.6 Å². The molecule has 0 aromatic heterocycles. The third-order valence-corrected chi connectivity index (χ3v) is 5.05. The Kier molecular flexibility index (Phi) is 6.59. The van der Waals surface area contributed by atoms with E-state index < -0.39 is 0 Å². The van der Waals surface area contributed by atoms with Crippen LogP contribution in [0.25, 0.3) is 0 Å². The molecule has 23 heavy (non-hydrogen) atoms. The smallest absolute Gasteiger partial charge is 0.309 e. The number of hydrogen-bond donors (Lipinski definition) is 2. The van der Waals surface area contributed by atoms with Crippen LogP contribution < -0.4 is 10.2 Å². The zero-order valence-corrected chi connectivity index (χ0v) is 15.2. The summed E-state index contributed by atoms with van der Waals surface area (Å²) in [5.41, 5.74) is 1.90. The maximum absolute atomic E-state index is 12.2. The van der Waals surface area contributed by atoms with Crippen molar-refractivity contribution in [2.75, 3.05) is 31.6 Å². The predicted molar refractivity (Wildman–Crippen MR) is 92.4 cm³/mol. The summed E-state index contributed by atoms with van der Waals surface area (Å²) in [6.07, 6.45) is 1.58. The molecule has 1 aliphatic heterocycles. The van der Waals surface area contributed by atoms with Gasteiger partial charge in [-0.2, -0.15) is 0 Å². The molecule has 0 radical (unpaired) electrons. The highest BCUT2D eigenvalue weighted by atomic mass is 79.9. The molecule has 2 rings (SSSR count). The number of carbonyl (C=O) groups is 2. The minimum Gasteiger partial charge on any atom is -0.466 e. The standard InChI is InChI=1S/C17H23BrN2O3/c1-3-23-17(22)13-6-8-20(9-7-13)11-16(21)19-14-4-5-15(18)12(2)10-14/h4-5,10,13H,3,6-9,11H2,1-2H3,(H,19,21)/p+1. The van der Waals surface area contributed by atoms with Gasteiger partial charge in [-0.15, -0.1) is 0 Å². The fourth-order valence-corrected chi connectivity index (χ4v) is 3.10. The minimum absolute atomic E-state index is 0.00381. The van der Waals surface area contributed by atoms with E-state index >= 15 is 0 Å². The molecule has 0 unspecified atom stereocenters. The molecule has 0 saturated carbocycles. The Morgan fingerprint density at radius 2 is 2.04 bits per heavy atom. The van der Waals surface area contributed by atoms with Crippen molar-refractivity contribution in [1.82, 2.24) is 0 Å². The number of halogens is 1. The second-order valence-corrected chi connectivity index (χ2v) is 6.82. The molecule has 1 aromatic carbocycles. The Hall–Kier alpha value is -1.40. The van der Waals surface area contributed by atoms with E-state index in [9.17, 15) is 9.59 Å². The predicted octanol–water partition coefficient (Wildman–Crippen LogP) is 1.55. The summed E-state index contributed by atoms with van der Waals surface area (Å²) in [4.78, 5) is 25.1. The van der Waals surface area contributed by atoms with Crippen molar-refractivity contribution in [3.05, 3.63) is 28.2 Å². The molecule has 5 nitrogen and oxygen atoms in total. The van der Waals surface area contributed by atoms with Crippen LogP contribution in [0.2, 0.25) is 0 Å². The molecule has 1 aromatic rings. The van der Waals surface area contributed by atoms with Gasteiger partial charge in [0.25, 0.3) is 5.91 Å². The van der Waals surface area contributed by atoms with E-state index in [-0.39, 0.29) is 17.8 Å². The summed E-state index contributed by atoms with van der Waals surface area (Å²) < 4.78 is 6.10. The maximum atomic E-state index is 12.2. The van der Waals surface area contributed by atoms with Gasteiger partial charge >= 0.3 is 5.97 Å². The van der Waals surface area contributed by atoms with Crippen molar-refractivity contribution in [2.45, 2.75) is 26.7 Å². The number of benzene rings is 1. The van der Waals surface area contributed by atoms with E-state index in [4.69, 9.17) is 4.74 Å². The van der Waals surface area contributed by atoms with Crippen LogP contribution in [0.4, 0.5) is 5.69 Å². The Balaban J connectivity index is 1.78. The Labute approximate surface area is 145 Å². The summed E-state index contributed by atoms with van der Waals surface area (Å²) in [6, 6.07) is 5.77. The fraction of sp³-hybridized carbons (Fsp3) is 0.529. The highest BCUT2D eigenvalue weighted by Crippen LogP contribution is 2.19. The van der Waals surface area contributed by atoms with Crippen molar-refractivity contribution in [3.63, 3.8) is 0 Å². The number of likely N-dealkylation sites (tertiary alicyclic amines) is 1. The molecule has 1 amide bonds. The maximum Gasteiger partial charge on any atom is 0.309 e. The molecule has 126 valence electrons. The second kappa shape index (κ2) is 8.45.